The molecule has 26 heavy (non-hydrogen) atoms. The second kappa shape index (κ2) is 12.0. The molecule has 1 aromatic rings. The molecule has 0 aromatic heterocycles. The van der Waals surface area contributed by atoms with Crippen LogP contribution in [0.1, 0.15) is 12.0 Å². The van der Waals surface area contributed by atoms with Crippen molar-refractivity contribution in [2.75, 3.05) is 25.4 Å². The van der Waals surface area contributed by atoms with Gasteiger partial charge in [0.2, 0.25) is 5.91 Å². The van der Waals surface area contributed by atoms with Gasteiger partial charge in [0.25, 0.3) is 0 Å². The summed E-state index contributed by atoms with van der Waals surface area (Å²) in [5.74, 6) is 5.98. The van der Waals surface area contributed by atoms with Crippen LogP contribution in [0.5, 0.6) is 0 Å². The fraction of sp³-hybridized carbons (Fsp3) is 0.333. The molecule has 0 spiro atoms. The van der Waals surface area contributed by atoms with Crippen molar-refractivity contribution in [3.8, 4) is 0 Å². The van der Waals surface area contributed by atoms with Crippen molar-refractivity contribution < 1.29 is 14.7 Å². The third-order valence-corrected chi connectivity index (χ3v) is 4.33. The molecule has 7 nitrogen and oxygen atoms in total. The van der Waals surface area contributed by atoms with Crippen LogP contribution in [0.4, 0.5) is 0 Å². The highest BCUT2D eigenvalue weighted by molar-refractivity contribution is 7.98. The normalized spacial score (nSPS) is 11.0. The fourth-order valence-corrected chi connectivity index (χ4v) is 3.06. The second-order valence-corrected chi connectivity index (χ2v) is 6.73. The van der Waals surface area contributed by atoms with Gasteiger partial charge in [-0.15, -0.1) is 6.58 Å². The van der Waals surface area contributed by atoms with E-state index in [1.165, 1.54) is 11.8 Å². The third kappa shape index (κ3) is 9.14. The molecule has 0 radical (unpaired) electrons. The van der Waals surface area contributed by atoms with Crippen LogP contribution in [0.3, 0.4) is 0 Å². The maximum atomic E-state index is 12.4. The molecule has 0 heterocycles. The van der Waals surface area contributed by atoms with Crippen LogP contribution in [0.15, 0.2) is 54.9 Å². The highest BCUT2D eigenvalue weighted by Gasteiger charge is 2.13. The van der Waals surface area contributed by atoms with Gasteiger partial charge >= 0.3 is 5.97 Å². The number of carbonyl (C=O) groups excluding carboxylic acids is 1. The summed E-state index contributed by atoms with van der Waals surface area (Å²) in [6.45, 7) is 3.82. The van der Waals surface area contributed by atoms with E-state index in [9.17, 15) is 9.59 Å². The third-order valence-electron chi connectivity index (χ3n) is 3.30. The lowest BCUT2D eigenvalue weighted by Crippen LogP contribution is -2.37. The van der Waals surface area contributed by atoms with E-state index >= 15 is 0 Å². The van der Waals surface area contributed by atoms with Gasteiger partial charge in [-0.25, -0.2) is 5.84 Å². The number of aliphatic carboxylic acids is 1. The van der Waals surface area contributed by atoms with E-state index in [1.54, 1.807) is 22.7 Å². The molecule has 0 aliphatic heterocycles. The van der Waals surface area contributed by atoms with Crippen LogP contribution in [0.2, 0.25) is 0 Å². The van der Waals surface area contributed by atoms with Crippen LogP contribution in [0, 0.1) is 0 Å². The summed E-state index contributed by atoms with van der Waals surface area (Å²) < 4.78 is 0. The minimum absolute atomic E-state index is 0.0383. The first-order valence-electron chi connectivity index (χ1n) is 8.12. The van der Waals surface area contributed by atoms with E-state index < -0.39 is 5.97 Å². The molecule has 1 amide bonds. The molecule has 1 aromatic carbocycles. The number of rotatable bonds is 12. The first kappa shape index (κ1) is 21.6. The molecular formula is C18H26N4O3S. The van der Waals surface area contributed by atoms with Crippen molar-refractivity contribution in [3.05, 3.63) is 60.4 Å². The van der Waals surface area contributed by atoms with Crippen molar-refractivity contribution in [2.45, 2.75) is 12.2 Å². The molecule has 0 aliphatic rings. The predicted octanol–water partition coefficient (Wildman–Crippen LogP) is 1.38. The Hall–Kier alpha value is -2.45. The summed E-state index contributed by atoms with van der Waals surface area (Å²) in [6.07, 6.45) is 3.33. The summed E-state index contributed by atoms with van der Waals surface area (Å²) in [4.78, 5) is 24.6. The number of thioether (sulfide) groups is 1. The van der Waals surface area contributed by atoms with Gasteiger partial charge in [0.05, 0.1) is 6.54 Å². The van der Waals surface area contributed by atoms with Crippen LogP contribution >= 0.6 is 11.8 Å². The predicted molar refractivity (Wildman–Crippen MR) is 105 cm³/mol. The monoisotopic (exact) mass is 378 g/mol. The zero-order chi connectivity index (χ0) is 19.4. The Labute approximate surface area is 158 Å². The zero-order valence-corrected chi connectivity index (χ0v) is 15.5. The number of hydrogen-bond acceptors (Lipinski definition) is 6. The smallest absolute Gasteiger partial charge is 0.324 e. The van der Waals surface area contributed by atoms with Crippen LogP contribution in [-0.4, -0.2) is 52.3 Å². The van der Waals surface area contributed by atoms with Gasteiger partial charge in [0.15, 0.2) is 0 Å². The summed E-state index contributed by atoms with van der Waals surface area (Å²) in [6, 6.07) is 10.1. The molecule has 8 heteroatoms. The summed E-state index contributed by atoms with van der Waals surface area (Å²) >= 11 is 1.69. The molecular weight excluding hydrogens is 352 g/mol. The molecule has 0 fully saturated rings. The Balaban J connectivity index is 2.46. The van der Waals surface area contributed by atoms with Crippen molar-refractivity contribution in [2.24, 2.45) is 11.6 Å². The second-order valence-electron chi connectivity index (χ2n) is 5.62. The van der Waals surface area contributed by atoms with E-state index in [-0.39, 0.29) is 19.0 Å². The van der Waals surface area contributed by atoms with Gasteiger partial charge in [-0.05, 0) is 5.56 Å². The molecule has 0 aliphatic carbocycles. The quantitative estimate of drug-likeness (QED) is 0.218. The average Bonchev–Trinajstić information content (AvgIpc) is 2.58. The highest BCUT2D eigenvalue weighted by Crippen LogP contribution is 2.13. The van der Waals surface area contributed by atoms with E-state index in [1.807, 2.05) is 18.2 Å². The molecule has 0 unspecified atom stereocenters. The van der Waals surface area contributed by atoms with Gasteiger partial charge in [0.1, 0.15) is 6.54 Å². The largest absolute Gasteiger partial charge is 0.480 e. The highest BCUT2D eigenvalue weighted by atomic mass is 32.2. The van der Waals surface area contributed by atoms with Crippen LogP contribution in [0.25, 0.3) is 0 Å². The molecule has 5 N–H and O–H groups in total. The number of carbonyl (C=O) groups is 2. The molecule has 142 valence electrons. The molecule has 1 rings (SSSR count). The maximum Gasteiger partial charge on any atom is 0.324 e. The maximum absolute atomic E-state index is 12.4. The Bertz CT molecular complexity index is 622. The van der Waals surface area contributed by atoms with Gasteiger partial charge in [-0.3, -0.25) is 9.59 Å². The summed E-state index contributed by atoms with van der Waals surface area (Å²) in [5, 5.41) is 9.66. The van der Waals surface area contributed by atoms with Crippen molar-refractivity contribution >= 4 is 23.6 Å². The lowest BCUT2D eigenvalue weighted by molar-refractivity contribution is -0.137. The number of hydrogen-bond donors (Lipinski definition) is 3. The van der Waals surface area contributed by atoms with Crippen molar-refractivity contribution in [1.29, 1.82) is 0 Å². The van der Waals surface area contributed by atoms with Crippen molar-refractivity contribution in [3.63, 3.8) is 0 Å². The van der Waals surface area contributed by atoms with E-state index in [2.05, 4.69) is 18.7 Å². The molecule has 0 saturated carbocycles. The van der Waals surface area contributed by atoms with E-state index in [0.29, 0.717) is 24.4 Å². The standard InChI is InChI=1S/C18H26N4O3S/c1-2-9-21(11-16(19)12-22(20)13-18(24)25)17(23)8-10-26-14-15-6-4-3-5-7-15/h2-7,12H,1,8-11,13-14,19-20H2,(H,24,25)/b16-12-. The Morgan fingerprint density at radius 1 is 1.23 bits per heavy atom. The molecule has 0 bridgehead atoms. The minimum atomic E-state index is -1.06. The van der Waals surface area contributed by atoms with E-state index in [0.717, 1.165) is 10.8 Å². The minimum Gasteiger partial charge on any atom is -0.480 e. The number of nitrogens with two attached hydrogens (primary N) is 2. The van der Waals surface area contributed by atoms with Crippen LogP contribution in [-0.2, 0) is 15.3 Å². The fourth-order valence-electron chi connectivity index (χ4n) is 2.17. The number of carboxylic acid groups (broad SMARTS) is 1. The number of amides is 1. The van der Waals surface area contributed by atoms with Gasteiger partial charge in [-0.2, -0.15) is 11.8 Å². The number of nitrogens with zero attached hydrogens (tertiary/aromatic N) is 2. The van der Waals surface area contributed by atoms with Crippen LogP contribution < -0.4 is 11.6 Å². The summed E-state index contributed by atoms with van der Waals surface area (Å²) in [7, 11) is 0. The van der Waals surface area contributed by atoms with Crippen molar-refractivity contribution in [1.82, 2.24) is 9.91 Å². The molecule has 0 atom stereocenters. The zero-order valence-electron chi connectivity index (χ0n) is 14.7. The van der Waals surface area contributed by atoms with Gasteiger partial charge in [-0.1, -0.05) is 36.4 Å². The summed E-state index contributed by atoms with van der Waals surface area (Å²) in [5.41, 5.74) is 7.39. The Morgan fingerprint density at radius 2 is 1.92 bits per heavy atom. The lowest BCUT2D eigenvalue weighted by atomic mass is 10.2. The number of hydrazine groups is 1. The Morgan fingerprint density at radius 3 is 2.54 bits per heavy atom. The Kier molecular flexibility index (Phi) is 9.96. The number of carboxylic acids is 1. The topological polar surface area (TPSA) is 113 Å². The average molecular weight is 378 g/mol. The van der Waals surface area contributed by atoms with Gasteiger partial charge in [0, 0.05) is 36.4 Å². The molecule has 0 saturated heterocycles. The van der Waals surface area contributed by atoms with E-state index in [4.69, 9.17) is 16.7 Å². The SMILES string of the molecule is C=CCN(C/C(N)=C/N(N)CC(=O)O)C(=O)CCSCc1ccccc1. The lowest BCUT2D eigenvalue weighted by Gasteiger charge is -2.22. The van der Waals surface area contributed by atoms with Gasteiger partial charge < -0.3 is 20.7 Å². The first-order valence-corrected chi connectivity index (χ1v) is 9.27. The number of benzene rings is 1. The first-order chi connectivity index (χ1) is 12.4.